The quantitative estimate of drug-likeness (QED) is 0.119. The molecule has 0 unspecified atom stereocenters. The van der Waals surface area contributed by atoms with Gasteiger partial charge in [0, 0.05) is 19.4 Å². The van der Waals surface area contributed by atoms with E-state index in [1.807, 2.05) is 101 Å². The van der Waals surface area contributed by atoms with E-state index >= 15 is 0 Å². The van der Waals surface area contributed by atoms with Gasteiger partial charge in [0.15, 0.2) is 0 Å². The Bertz CT molecular complexity index is 1360. The van der Waals surface area contributed by atoms with Crippen molar-refractivity contribution >= 4 is 23.9 Å². The number of rotatable bonds is 12. The molecule has 2 N–H and O–H groups in total. The minimum Gasteiger partial charge on any atom is -0.465 e. The molecule has 1 heterocycles. The van der Waals surface area contributed by atoms with Crippen molar-refractivity contribution in [2.75, 3.05) is 7.11 Å². The fourth-order valence-corrected chi connectivity index (χ4v) is 9.06. The van der Waals surface area contributed by atoms with E-state index in [1.165, 1.54) is 0 Å². The second-order valence-corrected chi connectivity index (χ2v) is 14.2. The van der Waals surface area contributed by atoms with Gasteiger partial charge in [-0.3, -0.25) is 9.52 Å². The monoisotopic (exact) mass is 628 g/mol. The Hall–Kier alpha value is -3.39. The second-order valence-electron chi connectivity index (χ2n) is 13.1. The summed E-state index contributed by atoms with van der Waals surface area (Å²) in [5.74, 6) is -0.775. The number of nitrogens with zero attached hydrogens (tertiary/aromatic N) is 1. The average molecular weight is 629 g/mol. The number of benzene rings is 3. The Morgan fingerprint density at radius 2 is 1.44 bits per heavy atom. The molecule has 4 atom stereocenters. The Labute approximate surface area is 273 Å². The highest BCUT2D eigenvalue weighted by molar-refractivity contribution is 7.98. The number of carboxylic acid groups (broad SMARTS) is 1. The van der Waals surface area contributed by atoms with E-state index in [1.54, 1.807) is 19.1 Å². The lowest BCUT2D eigenvalue weighted by atomic mass is 9.59. The van der Waals surface area contributed by atoms with Crippen LogP contribution in [0, 0.1) is 11.3 Å². The molecule has 240 valence electrons. The van der Waals surface area contributed by atoms with E-state index in [0.717, 1.165) is 28.0 Å². The maximum Gasteiger partial charge on any atom is 0.414 e. The zero-order chi connectivity index (χ0) is 32.9. The summed E-state index contributed by atoms with van der Waals surface area (Å²) in [6, 6.07) is 30.5. The van der Waals surface area contributed by atoms with E-state index in [0.29, 0.717) is 6.42 Å². The van der Waals surface area contributed by atoms with Crippen molar-refractivity contribution in [1.29, 1.82) is 0 Å². The third-order valence-electron chi connectivity index (χ3n) is 9.53. The highest BCUT2D eigenvalue weighted by atomic mass is 32.2. The van der Waals surface area contributed by atoms with E-state index in [4.69, 9.17) is 4.74 Å². The van der Waals surface area contributed by atoms with Gasteiger partial charge in [-0.2, -0.15) is 0 Å². The van der Waals surface area contributed by atoms with Gasteiger partial charge in [0.1, 0.15) is 4.75 Å². The lowest BCUT2D eigenvalue weighted by Crippen LogP contribution is -2.74. The molecule has 0 radical (unpaired) electrons. The molecule has 45 heavy (non-hydrogen) atoms. The summed E-state index contributed by atoms with van der Waals surface area (Å²) in [7, 11) is 1.69. The van der Waals surface area contributed by atoms with Crippen LogP contribution in [0.5, 0.6) is 0 Å². The number of ether oxygens (including phenoxy) is 1. The van der Waals surface area contributed by atoms with Gasteiger partial charge in [-0.1, -0.05) is 149 Å². The maximum absolute atomic E-state index is 13.7. The van der Waals surface area contributed by atoms with E-state index < -0.39 is 39.3 Å². The molecule has 0 spiro atoms. The summed E-state index contributed by atoms with van der Waals surface area (Å²) in [5, 5.41) is 10.8. The molecule has 0 aliphatic carbocycles. The smallest absolute Gasteiger partial charge is 0.414 e. The zero-order valence-corrected chi connectivity index (χ0v) is 28.4. The standard InChI is InChI=1S/C38H48N2O4S/c1-8-19-31-27-32(41)40(34(42)43)38(31,35(3,4)5)33(36(6,44-7)26-9-2)39-45-37(28-20-13-10-14-21-28,29-22-15-11-16-23-29)30-24-17-12-18-25-30/h8,10-25,31,33,39H,9,26-27H2,1-7H3,(H,42,43)/t31-,33+,36+,38+/m1/s1. The number of hydrogen-bond acceptors (Lipinski definition) is 5. The predicted molar refractivity (Wildman–Crippen MR) is 184 cm³/mol. The highest BCUT2D eigenvalue weighted by Gasteiger charge is 2.68. The summed E-state index contributed by atoms with van der Waals surface area (Å²) < 4.78 is 9.60. The number of carbonyl (C=O) groups is 2. The van der Waals surface area contributed by atoms with Crippen LogP contribution >= 0.6 is 11.9 Å². The number of allylic oxidation sites excluding steroid dienone is 1. The fraction of sp³-hybridized carbons (Fsp3) is 0.421. The number of amides is 2. The molecule has 1 fully saturated rings. The number of methoxy groups -OCH3 is 1. The summed E-state index contributed by atoms with van der Waals surface area (Å²) in [6.45, 7) is 12.2. The van der Waals surface area contributed by atoms with Crippen LogP contribution in [0.3, 0.4) is 0 Å². The van der Waals surface area contributed by atoms with Crippen molar-refractivity contribution in [3.8, 4) is 0 Å². The molecular weight excluding hydrogens is 580 g/mol. The Morgan fingerprint density at radius 1 is 0.978 bits per heavy atom. The van der Waals surface area contributed by atoms with Gasteiger partial charge < -0.3 is 9.84 Å². The Morgan fingerprint density at radius 3 is 1.80 bits per heavy atom. The highest BCUT2D eigenvalue weighted by Crippen LogP contribution is 2.56. The van der Waals surface area contributed by atoms with Crippen LogP contribution in [0.4, 0.5) is 4.79 Å². The molecule has 6 nitrogen and oxygen atoms in total. The molecule has 3 aromatic rings. The minimum absolute atomic E-state index is 0.101. The van der Waals surface area contributed by atoms with E-state index in [-0.39, 0.29) is 12.3 Å². The van der Waals surface area contributed by atoms with Crippen LogP contribution in [0.2, 0.25) is 0 Å². The average Bonchev–Trinajstić information content (AvgIpc) is 3.33. The lowest BCUT2D eigenvalue weighted by molar-refractivity contribution is -0.140. The lowest BCUT2D eigenvalue weighted by Gasteiger charge is -2.58. The van der Waals surface area contributed by atoms with Gasteiger partial charge in [0.25, 0.3) is 0 Å². The predicted octanol–water partition coefficient (Wildman–Crippen LogP) is 8.68. The van der Waals surface area contributed by atoms with Gasteiger partial charge in [0.05, 0.1) is 17.2 Å². The molecule has 0 saturated carbocycles. The van der Waals surface area contributed by atoms with Crippen molar-refractivity contribution in [1.82, 2.24) is 9.62 Å². The summed E-state index contributed by atoms with van der Waals surface area (Å²) in [4.78, 5) is 28.0. The van der Waals surface area contributed by atoms with Crippen LogP contribution in [-0.4, -0.2) is 46.3 Å². The first-order valence-electron chi connectivity index (χ1n) is 15.8. The molecule has 0 bridgehead atoms. The summed E-state index contributed by atoms with van der Waals surface area (Å²) >= 11 is 1.56. The zero-order valence-electron chi connectivity index (χ0n) is 27.6. The maximum atomic E-state index is 13.7. The topological polar surface area (TPSA) is 78.9 Å². The van der Waals surface area contributed by atoms with Crippen molar-refractivity contribution < 1.29 is 19.4 Å². The van der Waals surface area contributed by atoms with Gasteiger partial charge >= 0.3 is 6.09 Å². The second kappa shape index (κ2) is 13.9. The van der Waals surface area contributed by atoms with Gasteiger partial charge in [-0.25, -0.2) is 9.69 Å². The van der Waals surface area contributed by atoms with Crippen molar-refractivity contribution in [2.24, 2.45) is 11.3 Å². The normalized spacial score (nSPS) is 21.2. The SMILES string of the molecule is CC=C[C@@H]1CC(=O)N(C(=O)O)[C@@]1([C@@H](NSC(c1ccccc1)(c1ccccc1)c1ccccc1)[C@](C)(CCC)OC)C(C)(C)C. The molecule has 3 aromatic carbocycles. The third-order valence-corrected chi connectivity index (χ3v) is 10.9. The Kier molecular flexibility index (Phi) is 10.7. The fourth-order valence-electron chi connectivity index (χ4n) is 7.57. The molecule has 1 aliphatic heterocycles. The van der Waals surface area contributed by atoms with E-state index in [9.17, 15) is 14.7 Å². The number of imide groups is 1. The molecule has 0 aromatic heterocycles. The first kappa shape index (κ1) is 34.5. The summed E-state index contributed by atoms with van der Waals surface area (Å²) in [6.07, 6.45) is 4.26. The number of nitrogens with one attached hydrogen (secondary N) is 1. The van der Waals surface area contributed by atoms with Crippen LogP contribution < -0.4 is 4.72 Å². The Balaban J connectivity index is 2.06. The number of likely N-dealkylation sites (tertiary alicyclic amines) is 1. The first-order valence-corrected chi connectivity index (χ1v) is 16.6. The largest absolute Gasteiger partial charge is 0.465 e. The number of hydrogen-bond donors (Lipinski definition) is 2. The molecule has 7 heteroatoms. The van der Waals surface area contributed by atoms with Gasteiger partial charge in [-0.05, 0) is 42.4 Å². The van der Waals surface area contributed by atoms with Crippen LogP contribution in [0.25, 0.3) is 0 Å². The molecular formula is C38H48N2O4S. The minimum atomic E-state index is -1.24. The van der Waals surface area contributed by atoms with E-state index in [2.05, 4.69) is 48.0 Å². The third kappa shape index (κ3) is 6.10. The summed E-state index contributed by atoms with van der Waals surface area (Å²) in [5.41, 5.74) is 0.498. The van der Waals surface area contributed by atoms with Crippen LogP contribution in [-0.2, 0) is 14.3 Å². The number of carbonyl (C=O) groups excluding carboxylic acids is 1. The molecule has 2 amide bonds. The van der Waals surface area contributed by atoms with Gasteiger partial charge in [-0.15, -0.1) is 0 Å². The molecule has 1 aliphatic rings. The van der Waals surface area contributed by atoms with Crippen molar-refractivity contribution in [3.63, 3.8) is 0 Å². The van der Waals surface area contributed by atoms with Crippen molar-refractivity contribution in [2.45, 2.75) is 82.7 Å². The van der Waals surface area contributed by atoms with Crippen LogP contribution in [0.1, 0.15) is 77.5 Å². The van der Waals surface area contributed by atoms with Gasteiger partial charge in [0.2, 0.25) is 5.91 Å². The molecule has 4 rings (SSSR count). The van der Waals surface area contributed by atoms with Crippen LogP contribution in [0.15, 0.2) is 103 Å². The van der Waals surface area contributed by atoms with Crippen molar-refractivity contribution in [3.05, 3.63) is 120 Å². The molecule has 1 saturated heterocycles. The first-order chi connectivity index (χ1) is 21.4.